The lowest BCUT2D eigenvalue weighted by Crippen LogP contribution is -2.32. The third-order valence-electron chi connectivity index (χ3n) is 2.86. The lowest BCUT2D eigenvalue weighted by molar-refractivity contribution is 0.149. The van der Waals surface area contributed by atoms with E-state index in [9.17, 15) is 0 Å². The molecule has 1 heterocycles. The van der Waals surface area contributed by atoms with Crippen LogP contribution in [0.15, 0.2) is 12.4 Å². The van der Waals surface area contributed by atoms with Crippen LogP contribution in [0.25, 0.3) is 0 Å². The maximum atomic E-state index is 5.54. The fourth-order valence-electron chi connectivity index (χ4n) is 1.72. The van der Waals surface area contributed by atoms with Crippen molar-refractivity contribution in [2.24, 2.45) is 12.8 Å². The minimum atomic E-state index is 0.564. The first kappa shape index (κ1) is 15.1. The Morgan fingerprint density at radius 3 is 2.83 bits per heavy atom. The first-order valence-electron chi connectivity index (χ1n) is 6.09. The zero-order chi connectivity index (χ0) is 13.4. The lowest BCUT2D eigenvalue weighted by Gasteiger charge is -2.21. The highest BCUT2D eigenvalue weighted by Gasteiger charge is 2.07. The van der Waals surface area contributed by atoms with E-state index in [-0.39, 0.29) is 0 Å². The second kappa shape index (κ2) is 8.18. The van der Waals surface area contributed by atoms with E-state index in [4.69, 9.17) is 22.7 Å². The van der Waals surface area contributed by atoms with E-state index in [0.717, 1.165) is 44.9 Å². The quantitative estimate of drug-likeness (QED) is 0.666. The number of hydrogen-bond donors (Lipinski definition) is 1. The first-order chi connectivity index (χ1) is 8.63. The van der Waals surface area contributed by atoms with Gasteiger partial charge in [-0.1, -0.05) is 12.2 Å². The fraction of sp³-hybridized carbons (Fsp3) is 0.667. The van der Waals surface area contributed by atoms with E-state index in [1.54, 1.807) is 7.11 Å². The maximum Gasteiger partial charge on any atom is 0.109 e. The minimum absolute atomic E-state index is 0.564. The van der Waals surface area contributed by atoms with Crippen molar-refractivity contribution in [3.05, 3.63) is 18.2 Å². The zero-order valence-corrected chi connectivity index (χ0v) is 11.9. The smallest absolute Gasteiger partial charge is 0.109 e. The molecule has 0 amide bonds. The highest BCUT2D eigenvalue weighted by atomic mass is 32.1. The van der Waals surface area contributed by atoms with Gasteiger partial charge < -0.3 is 19.9 Å². The molecule has 0 aliphatic carbocycles. The highest BCUT2D eigenvalue weighted by molar-refractivity contribution is 7.80. The summed E-state index contributed by atoms with van der Waals surface area (Å²) < 4.78 is 7.16. The van der Waals surface area contributed by atoms with Crippen LogP contribution in [0.4, 0.5) is 0 Å². The number of thiocarbonyl (C=S) groups is 1. The molecule has 1 rings (SSSR count). The number of methoxy groups -OCH3 is 1. The van der Waals surface area contributed by atoms with Crippen LogP contribution in [0, 0.1) is 0 Å². The molecule has 0 aliphatic rings. The van der Waals surface area contributed by atoms with Gasteiger partial charge in [-0.3, -0.25) is 0 Å². The number of ether oxygens (including phenoxy) is 1. The molecule has 0 fully saturated rings. The summed E-state index contributed by atoms with van der Waals surface area (Å²) in [5.74, 6) is 1.09. The molecule has 0 aliphatic heterocycles. The van der Waals surface area contributed by atoms with Crippen LogP contribution in [0.3, 0.4) is 0 Å². The van der Waals surface area contributed by atoms with E-state index in [1.165, 1.54) is 0 Å². The van der Waals surface area contributed by atoms with Gasteiger partial charge in [-0.15, -0.1) is 0 Å². The van der Waals surface area contributed by atoms with Crippen LogP contribution in [0.2, 0.25) is 0 Å². The summed E-state index contributed by atoms with van der Waals surface area (Å²) in [7, 11) is 3.72. The standard InChI is InChI=1S/C12H22N4OS/c1-15-8-5-14-12(15)4-7-16(9-10-17-2)6-3-11(13)18/h5,8H,3-4,6-7,9-10H2,1-2H3,(H2,13,18). The molecule has 0 aromatic carbocycles. The fourth-order valence-corrected chi connectivity index (χ4v) is 1.81. The number of aryl methyl sites for hydroxylation is 1. The molecule has 0 saturated heterocycles. The molecule has 0 unspecified atom stereocenters. The average Bonchev–Trinajstić information content (AvgIpc) is 2.74. The molecule has 0 saturated carbocycles. The summed E-state index contributed by atoms with van der Waals surface area (Å²) in [6.07, 6.45) is 5.46. The normalized spacial score (nSPS) is 11.1. The van der Waals surface area contributed by atoms with Gasteiger partial charge in [0.15, 0.2) is 0 Å². The maximum absolute atomic E-state index is 5.54. The summed E-state index contributed by atoms with van der Waals surface area (Å²) in [6.45, 7) is 3.43. The van der Waals surface area contributed by atoms with Crippen molar-refractivity contribution < 1.29 is 4.74 Å². The molecule has 6 heteroatoms. The molecule has 0 spiro atoms. The Kier molecular flexibility index (Phi) is 6.85. The second-order valence-electron chi connectivity index (χ2n) is 4.26. The largest absolute Gasteiger partial charge is 0.393 e. The van der Waals surface area contributed by atoms with E-state index in [0.29, 0.717) is 4.99 Å². The molecule has 1 aromatic heterocycles. The molecule has 18 heavy (non-hydrogen) atoms. The Morgan fingerprint density at radius 2 is 2.28 bits per heavy atom. The number of nitrogens with zero attached hydrogens (tertiary/aromatic N) is 3. The molecule has 0 radical (unpaired) electrons. The van der Waals surface area contributed by atoms with E-state index in [1.807, 2.05) is 24.0 Å². The molecule has 0 bridgehead atoms. The number of aromatic nitrogens is 2. The Balaban J connectivity index is 2.39. The highest BCUT2D eigenvalue weighted by Crippen LogP contribution is 2.00. The topological polar surface area (TPSA) is 56.3 Å². The van der Waals surface area contributed by atoms with E-state index < -0.39 is 0 Å². The van der Waals surface area contributed by atoms with Gasteiger partial charge >= 0.3 is 0 Å². The lowest BCUT2D eigenvalue weighted by atomic mass is 10.3. The minimum Gasteiger partial charge on any atom is -0.393 e. The van der Waals surface area contributed by atoms with E-state index >= 15 is 0 Å². The Bertz CT molecular complexity index is 367. The van der Waals surface area contributed by atoms with Gasteiger partial charge in [-0.2, -0.15) is 0 Å². The summed E-state index contributed by atoms with van der Waals surface area (Å²) in [5.41, 5.74) is 5.54. The van der Waals surface area contributed by atoms with Gasteiger partial charge in [0.1, 0.15) is 5.82 Å². The number of rotatable bonds is 9. The van der Waals surface area contributed by atoms with Crippen molar-refractivity contribution in [2.45, 2.75) is 12.8 Å². The summed E-state index contributed by atoms with van der Waals surface area (Å²) in [5, 5.41) is 0. The van der Waals surface area contributed by atoms with Crippen molar-refractivity contribution in [1.82, 2.24) is 14.5 Å². The van der Waals surface area contributed by atoms with Gasteiger partial charge in [-0.05, 0) is 0 Å². The Hall–Kier alpha value is -0.980. The van der Waals surface area contributed by atoms with Crippen LogP contribution >= 0.6 is 12.2 Å². The van der Waals surface area contributed by atoms with Crippen LogP contribution < -0.4 is 5.73 Å². The molecular weight excluding hydrogens is 248 g/mol. The zero-order valence-electron chi connectivity index (χ0n) is 11.1. The summed E-state index contributed by atoms with van der Waals surface area (Å²) in [6, 6.07) is 0. The predicted molar refractivity (Wildman–Crippen MR) is 76.6 cm³/mol. The van der Waals surface area contributed by atoms with Crippen LogP contribution in [-0.4, -0.2) is 52.8 Å². The molecule has 0 atom stereocenters. The van der Waals surface area contributed by atoms with Gasteiger partial charge in [0, 0.05) is 59.0 Å². The van der Waals surface area contributed by atoms with Crippen LogP contribution in [0.5, 0.6) is 0 Å². The van der Waals surface area contributed by atoms with Crippen molar-refractivity contribution in [1.29, 1.82) is 0 Å². The first-order valence-corrected chi connectivity index (χ1v) is 6.50. The van der Waals surface area contributed by atoms with Gasteiger partial charge in [0.05, 0.1) is 11.6 Å². The average molecular weight is 270 g/mol. The molecule has 5 nitrogen and oxygen atoms in total. The third-order valence-corrected chi connectivity index (χ3v) is 3.06. The number of hydrogen-bond acceptors (Lipinski definition) is 4. The van der Waals surface area contributed by atoms with Crippen molar-refractivity contribution in [2.75, 3.05) is 33.4 Å². The number of imidazole rings is 1. The Labute approximate surface area is 114 Å². The number of nitrogens with two attached hydrogens (primary N) is 1. The third kappa shape index (κ3) is 5.57. The Morgan fingerprint density at radius 1 is 1.50 bits per heavy atom. The van der Waals surface area contributed by atoms with Gasteiger partial charge in [-0.25, -0.2) is 4.98 Å². The molecule has 102 valence electrons. The predicted octanol–water partition coefficient (Wildman–Crippen LogP) is 0.587. The SMILES string of the molecule is COCCN(CCC(N)=S)CCc1nccn1C. The second-order valence-corrected chi connectivity index (χ2v) is 4.78. The van der Waals surface area contributed by atoms with E-state index in [2.05, 4.69) is 9.88 Å². The van der Waals surface area contributed by atoms with Crippen molar-refractivity contribution in [3.8, 4) is 0 Å². The van der Waals surface area contributed by atoms with Gasteiger partial charge in [0.25, 0.3) is 0 Å². The van der Waals surface area contributed by atoms with Crippen LogP contribution in [0.1, 0.15) is 12.2 Å². The van der Waals surface area contributed by atoms with Crippen LogP contribution in [-0.2, 0) is 18.2 Å². The van der Waals surface area contributed by atoms with Crippen molar-refractivity contribution >= 4 is 17.2 Å². The van der Waals surface area contributed by atoms with Gasteiger partial charge in [0.2, 0.25) is 0 Å². The summed E-state index contributed by atoms with van der Waals surface area (Å²) in [4.78, 5) is 7.19. The molecule has 1 aromatic rings. The molecular formula is C12H22N4OS. The van der Waals surface area contributed by atoms with Crippen molar-refractivity contribution in [3.63, 3.8) is 0 Å². The molecule has 2 N–H and O–H groups in total. The monoisotopic (exact) mass is 270 g/mol. The summed E-state index contributed by atoms with van der Waals surface area (Å²) >= 11 is 4.91.